The Balaban J connectivity index is 0.000000336. The van der Waals surface area contributed by atoms with Gasteiger partial charge in [0.1, 0.15) is 18.5 Å². The van der Waals surface area contributed by atoms with E-state index in [1.54, 1.807) is 0 Å². The van der Waals surface area contributed by atoms with Gasteiger partial charge in [-0.15, -0.1) is 0 Å². The number of aliphatic hydroxyl groups excluding tert-OH is 1. The zero-order chi connectivity index (χ0) is 8.97. The van der Waals surface area contributed by atoms with Gasteiger partial charge in [0, 0.05) is 5.56 Å². The van der Waals surface area contributed by atoms with Gasteiger partial charge in [-0.05, 0) is 6.07 Å². The summed E-state index contributed by atoms with van der Waals surface area (Å²) in [6.07, 6.45) is -0.420. The molecule has 1 aromatic rings. The molecule has 0 bridgehead atoms. The Bertz CT molecular complexity index is 245. The van der Waals surface area contributed by atoms with Gasteiger partial charge in [0.15, 0.2) is 0 Å². The van der Waals surface area contributed by atoms with Crippen LogP contribution in [0.5, 0.6) is 5.75 Å². The molecular formula is C10H14O2. The number of hydrogen-bond acceptors (Lipinski definition) is 2. The minimum Gasteiger partial charge on any atom is -0.490 e. The van der Waals surface area contributed by atoms with Gasteiger partial charge in [0.25, 0.3) is 0 Å². The van der Waals surface area contributed by atoms with Crippen molar-refractivity contribution in [3.63, 3.8) is 0 Å². The number of para-hydroxylation sites is 1. The van der Waals surface area contributed by atoms with Crippen LogP contribution in [0, 0.1) is 0 Å². The summed E-state index contributed by atoms with van der Waals surface area (Å²) in [5.74, 6) is 0.815. The number of benzene rings is 1. The Morgan fingerprint density at radius 1 is 1.33 bits per heavy atom. The van der Waals surface area contributed by atoms with Crippen LogP contribution >= 0.6 is 0 Å². The Kier molecular flexibility index (Phi) is 3.11. The molecule has 0 amide bonds. The first-order valence-electron chi connectivity index (χ1n) is 4.28. The van der Waals surface area contributed by atoms with Gasteiger partial charge in [-0.2, -0.15) is 0 Å². The topological polar surface area (TPSA) is 29.5 Å². The third-order valence-electron chi connectivity index (χ3n) is 1.67. The number of ether oxygens (including phenoxy) is 1. The molecule has 0 saturated carbocycles. The van der Waals surface area contributed by atoms with Crippen LogP contribution in [0.3, 0.4) is 0 Å². The molecule has 1 aliphatic heterocycles. The van der Waals surface area contributed by atoms with E-state index >= 15 is 0 Å². The average Bonchev–Trinajstić information content (AvgIpc) is 2.53. The first-order valence-corrected chi connectivity index (χ1v) is 4.28. The lowest BCUT2D eigenvalue weighted by molar-refractivity contribution is 0.140. The summed E-state index contributed by atoms with van der Waals surface area (Å²) in [5, 5.41) is 9.26. The van der Waals surface area contributed by atoms with E-state index < -0.39 is 6.10 Å². The van der Waals surface area contributed by atoms with Crippen molar-refractivity contribution in [3.8, 4) is 5.75 Å². The first-order chi connectivity index (χ1) is 5.88. The van der Waals surface area contributed by atoms with Gasteiger partial charge < -0.3 is 9.84 Å². The van der Waals surface area contributed by atoms with Crippen molar-refractivity contribution in [3.05, 3.63) is 29.8 Å². The van der Waals surface area contributed by atoms with Crippen molar-refractivity contribution in [2.45, 2.75) is 20.0 Å². The van der Waals surface area contributed by atoms with Gasteiger partial charge >= 0.3 is 0 Å². The van der Waals surface area contributed by atoms with Crippen LogP contribution in [0.25, 0.3) is 0 Å². The molecule has 1 heterocycles. The average molecular weight is 166 g/mol. The molecule has 0 fully saturated rings. The van der Waals surface area contributed by atoms with Crippen LogP contribution in [0.4, 0.5) is 0 Å². The molecule has 0 aliphatic carbocycles. The third kappa shape index (κ3) is 1.59. The predicted molar refractivity (Wildman–Crippen MR) is 48.2 cm³/mol. The Morgan fingerprint density at radius 2 is 2.00 bits per heavy atom. The van der Waals surface area contributed by atoms with Crippen LogP contribution in [-0.4, -0.2) is 11.7 Å². The van der Waals surface area contributed by atoms with Gasteiger partial charge in [-0.3, -0.25) is 0 Å². The molecule has 1 aromatic carbocycles. The van der Waals surface area contributed by atoms with Crippen molar-refractivity contribution < 1.29 is 9.84 Å². The van der Waals surface area contributed by atoms with Crippen LogP contribution in [0.1, 0.15) is 25.5 Å². The monoisotopic (exact) mass is 166 g/mol. The van der Waals surface area contributed by atoms with Crippen molar-refractivity contribution in [1.82, 2.24) is 0 Å². The molecular weight excluding hydrogens is 152 g/mol. The fourth-order valence-corrected chi connectivity index (χ4v) is 1.15. The van der Waals surface area contributed by atoms with E-state index in [-0.39, 0.29) is 0 Å². The molecule has 0 aromatic heterocycles. The predicted octanol–water partition coefficient (Wildman–Crippen LogP) is 2.14. The van der Waals surface area contributed by atoms with E-state index in [1.807, 2.05) is 38.1 Å². The van der Waals surface area contributed by atoms with E-state index in [0.29, 0.717) is 6.61 Å². The van der Waals surface area contributed by atoms with Gasteiger partial charge in [-0.25, -0.2) is 0 Å². The van der Waals surface area contributed by atoms with Crippen LogP contribution in [0.15, 0.2) is 24.3 Å². The fraction of sp³-hybridized carbons (Fsp3) is 0.400. The fourth-order valence-electron chi connectivity index (χ4n) is 1.15. The van der Waals surface area contributed by atoms with Crippen molar-refractivity contribution in [1.29, 1.82) is 0 Å². The molecule has 0 saturated heterocycles. The van der Waals surface area contributed by atoms with Gasteiger partial charge in [0.05, 0.1) is 0 Å². The molecule has 12 heavy (non-hydrogen) atoms. The van der Waals surface area contributed by atoms with Crippen molar-refractivity contribution >= 4 is 0 Å². The Morgan fingerprint density at radius 3 is 2.67 bits per heavy atom. The van der Waals surface area contributed by atoms with Crippen LogP contribution < -0.4 is 4.74 Å². The number of rotatable bonds is 0. The van der Waals surface area contributed by atoms with Crippen molar-refractivity contribution in [2.75, 3.05) is 6.61 Å². The highest BCUT2D eigenvalue weighted by atomic mass is 16.5. The zero-order valence-corrected chi connectivity index (χ0v) is 7.45. The lowest BCUT2D eigenvalue weighted by Crippen LogP contribution is -1.96. The summed E-state index contributed by atoms with van der Waals surface area (Å²) in [5.41, 5.74) is 0.905. The van der Waals surface area contributed by atoms with Crippen molar-refractivity contribution in [2.24, 2.45) is 0 Å². The largest absolute Gasteiger partial charge is 0.490 e. The summed E-state index contributed by atoms with van der Waals surface area (Å²) >= 11 is 0. The maximum Gasteiger partial charge on any atom is 0.125 e. The smallest absolute Gasteiger partial charge is 0.125 e. The summed E-state index contributed by atoms with van der Waals surface area (Å²) in [7, 11) is 0. The highest BCUT2D eigenvalue weighted by Gasteiger charge is 2.19. The maximum absolute atomic E-state index is 9.26. The van der Waals surface area contributed by atoms with Crippen LogP contribution in [0.2, 0.25) is 0 Å². The van der Waals surface area contributed by atoms with E-state index in [9.17, 15) is 5.11 Å². The minimum atomic E-state index is -0.420. The highest BCUT2D eigenvalue weighted by molar-refractivity contribution is 5.37. The second-order valence-electron chi connectivity index (χ2n) is 2.36. The number of hydrogen-bond donors (Lipinski definition) is 1. The normalized spacial score (nSPS) is 18.8. The molecule has 1 atom stereocenters. The van der Waals surface area contributed by atoms with Gasteiger partial charge in [0.2, 0.25) is 0 Å². The van der Waals surface area contributed by atoms with E-state index in [4.69, 9.17) is 4.74 Å². The first kappa shape index (κ1) is 9.07. The lowest BCUT2D eigenvalue weighted by atomic mass is 10.1. The zero-order valence-electron chi connectivity index (χ0n) is 7.45. The molecule has 1 N–H and O–H groups in total. The van der Waals surface area contributed by atoms with E-state index in [0.717, 1.165) is 11.3 Å². The third-order valence-corrected chi connectivity index (χ3v) is 1.67. The number of fused-ring (bicyclic) bond motifs is 1. The summed E-state index contributed by atoms with van der Waals surface area (Å²) in [6, 6.07) is 7.55. The SMILES string of the molecule is CC.OC1COc2ccccc21. The molecule has 1 aliphatic rings. The van der Waals surface area contributed by atoms with E-state index in [2.05, 4.69) is 0 Å². The Labute approximate surface area is 72.8 Å². The van der Waals surface area contributed by atoms with Gasteiger partial charge in [-0.1, -0.05) is 32.0 Å². The molecule has 0 radical (unpaired) electrons. The highest BCUT2D eigenvalue weighted by Crippen LogP contribution is 2.30. The maximum atomic E-state index is 9.26. The number of aliphatic hydroxyl groups is 1. The molecule has 1 unspecified atom stereocenters. The summed E-state index contributed by atoms with van der Waals surface area (Å²) < 4.78 is 5.16. The summed E-state index contributed by atoms with van der Waals surface area (Å²) in [6.45, 7) is 4.40. The molecule has 0 spiro atoms. The van der Waals surface area contributed by atoms with Crippen LogP contribution in [-0.2, 0) is 0 Å². The molecule has 2 rings (SSSR count). The quantitative estimate of drug-likeness (QED) is 0.639. The standard InChI is InChI=1S/C8H8O2.C2H6/c9-7-5-10-8-4-2-1-3-6(7)8;1-2/h1-4,7,9H,5H2;1-2H3. The molecule has 66 valence electrons. The lowest BCUT2D eigenvalue weighted by Gasteiger charge is -1.96. The second kappa shape index (κ2) is 4.12. The summed E-state index contributed by atoms with van der Waals surface area (Å²) in [4.78, 5) is 0. The van der Waals surface area contributed by atoms with E-state index in [1.165, 1.54) is 0 Å². The molecule has 2 nitrogen and oxygen atoms in total. The molecule has 2 heteroatoms. The Hall–Kier alpha value is -1.02. The minimum absolute atomic E-state index is 0.402. The second-order valence-corrected chi connectivity index (χ2v) is 2.36.